The third-order valence-corrected chi connectivity index (χ3v) is 3.75. The number of methoxy groups -OCH3 is 1. The van der Waals surface area contributed by atoms with Crippen molar-refractivity contribution in [3.63, 3.8) is 0 Å². The first-order valence-electron chi connectivity index (χ1n) is 7.26. The highest BCUT2D eigenvalue weighted by Gasteiger charge is 2.26. The lowest BCUT2D eigenvalue weighted by Gasteiger charge is -2.06. The first kappa shape index (κ1) is 16.3. The van der Waals surface area contributed by atoms with Gasteiger partial charge in [-0.05, 0) is 12.1 Å². The molecule has 0 aliphatic carbocycles. The summed E-state index contributed by atoms with van der Waals surface area (Å²) in [6, 6.07) is 8.84. The summed E-state index contributed by atoms with van der Waals surface area (Å²) in [7, 11) is 1.57. The zero-order valence-electron chi connectivity index (χ0n) is 12.9. The van der Waals surface area contributed by atoms with Gasteiger partial charge in [0.25, 0.3) is 5.91 Å². The minimum atomic E-state index is -0.320. The van der Waals surface area contributed by atoms with Gasteiger partial charge >= 0.3 is 0 Å². The molecule has 0 spiro atoms. The van der Waals surface area contributed by atoms with E-state index in [1.165, 1.54) is 12.5 Å². The van der Waals surface area contributed by atoms with Gasteiger partial charge in [0.1, 0.15) is 17.5 Å². The zero-order chi connectivity index (χ0) is 16.9. The van der Waals surface area contributed by atoms with E-state index in [1.54, 1.807) is 31.4 Å². The Kier molecular flexibility index (Phi) is 4.98. The monoisotopic (exact) mass is 346 g/mol. The number of amides is 1. The van der Waals surface area contributed by atoms with Crippen molar-refractivity contribution >= 4 is 17.5 Å². The molecule has 0 aliphatic heterocycles. The molecule has 0 saturated carbocycles. The average Bonchev–Trinajstić information content (AvgIpc) is 3.24. The summed E-state index contributed by atoms with van der Waals surface area (Å²) in [5.74, 6) is 0.00741. The molecule has 7 heteroatoms. The van der Waals surface area contributed by atoms with Crippen molar-refractivity contribution in [2.75, 3.05) is 20.3 Å². The second-order valence-corrected chi connectivity index (χ2v) is 5.38. The zero-order valence-corrected chi connectivity index (χ0v) is 13.7. The Bertz CT molecular complexity index is 827. The lowest BCUT2D eigenvalue weighted by molar-refractivity contribution is 0.0938. The van der Waals surface area contributed by atoms with E-state index in [4.69, 9.17) is 25.3 Å². The second kappa shape index (κ2) is 7.33. The smallest absolute Gasteiger partial charge is 0.257 e. The summed E-state index contributed by atoms with van der Waals surface area (Å²) in [5.41, 5.74) is 1.93. The summed E-state index contributed by atoms with van der Waals surface area (Å²) in [5, 5.41) is 7.32. The van der Waals surface area contributed by atoms with Gasteiger partial charge in [0.2, 0.25) is 0 Å². The van der Waals surface area contributed by atoms with Crippen LogP contribution in [-0.2, 0) is 4.74 Å². The van der Waals surface area contributed by atoms with Gasteiger partial charge in [0.05, 0.1) is 23.5 Å². The fraction of sp³-hybridized carbons (Fsp3) is 0.176. The summed E-state index contributed by atoms with van der Waals surface area (Å²) >= 11 is 6.24. The van der Waals surface area contributed by atoms with Gasteiger partial charge in [0.15, 0.2) is 5.76 Å². The van der Waals surface area contributed by atoms with Crippen LogP contribution in [0.2, 0.25) is 5.02 Å². The van der Waals surface area contributed by atoms with E-state index in [-0.39, 0.29) is 5.91 Å². The molecule has 2 heterocycles. The van der Waals surface area contributed by atoms with Crippen LogP contribution in [0, 0.1) is 0 Å². The second-order valence-electron chi connectivity index (χ2n) is 4.98. The molecule has 2 aromatic heterocycles. The molecule has 0 aliphatic rings. The standard InChI is InChI=1S/C17H15ClN2O4/c1-22-9-7-19-17(21)14-15(12-4-2-3-5-13(12)18)20-24-16(14)11-6-8-23-10-11/h2-6,8,10H,7,9H2,1H3,(H,19,21). The van der Waals surface area contributed by atoms with E-state index >= 15 is 0 Å². The molecular weight excluding hydrogens is 332 g/mol. The molecular formula is C17H15ClN2O4. The number of ether oxygens (including phenoxy) is 1. The maximum Gasteiger partial charge on any atom is 0.257 e. The summed E-state index contributed by atoms with van der Waals surface area (Å²) in [4.78, 5) is 12.7. The molecule has 124 valence electrons. The molecule has 1 N–H and O–H groups in total. The quantitative estimate of drug-likeness (QED) is 0.689. The van der Waals surface area contributed by atoms with Crippen LogP contribution in [0.25, 0.3) is 22.6 Å². The SMILES string of the molecule is COCCNC(=O)c1c(-c2ccccc2Cl)noc1-c1ccoc1. The number of rotatable bonds is 6. The fourth-order valence-corrected chi connectivity index (χ4v) is 2.51. The number of carbonyl (C=O) groups is 1. The number of nitrogens with zero attached hydrogens (tertiary/aromatic N) is 1. The van der Waals surface area contributed by atoms with Crippen LogP contribution in [0.1, 0.15) is 10.4 Å². The summed E-state index contributed by atoms with van der Waals surface area (Å²) in [6.07, 6.45) is 2.99. The predicted octanol–water partition coefficient (Wildman–Crippen LogP) is 3.63. The molecule has 1 aromatic carbocycles. The Balaban J connectivity index is 2.06. The van der Waals surface area contributed by atoms with Gasteiger partial charge < -0.3 is 19.0 Å². The predicted molar refractivity (Wildman–Crippen MR) is 88.9 cm³/mol. The number of hydrogen-bond acceptors (Lipinski definition) is 5. The normalized spacial score (nSPS) is 10.8. The first-order chi connectivity index (χ1) is 11.7. The van der Waals surface area contributed by atoms with E-state index in [2.05, 4.69) is 10.5 Å². The third-order valence-electron chi connectivity index (χ3n) is 3.42. The van der Waals surface area contributed by atoms with Crippen LogP contribution in [0.4, 0.5) is 0 Å². The van der Waals surface area contributed by atoms with Gasteiger partial charge in [-0.1, -0.05) is 35.0 Å². The number of carbonyl (C=O) groups excluding carboxylic acids is 1. The van der Waals surface area contributed by atoms with Crippen molar-refractivity contribution in [3.05, 3.63) is 53.4 Å². The number of aromatic nitrogens is 1. The van der Waals surface area contributed by atoms with Crippen molar-refractivity contribution < 1.29 is 18.5 Å². The Morgan fingerprint density at radius 2 is 2.17 bits per heavy atom. The minimum Gasteiger partial charge on any atom is -0.472 e. The molecule has 0 bridgehead atoms. The summed E-state index contributed by atoms with van der Waals surface area (Å²) < 4.78 is 15.4. The molecule has 0 saturated heterocycles. The maximum atomic E-state index is 12.7. The van der Waals surface area contributed by atoms with Crippen molar-refractivity contribution in [2.45, 2.75) is 0 Å². The topological polar surface area (TPSA) is 77.5 Å². The van der Waals surface area contributed by atoms with E-state index in [1.807, 2.05) is 6.07 Å². The van der Waals surface area contributed by atoms with Gasteiger partial charge in [0, 0.05) is 19.2 Å². The van der Waals surface area contributed by atoms with E-state index in [9.17, 15) is 4.79 Å². The molecule has 0 unspecified atom stereocenters. The van der Waals surface area contributed by atoms with Gasteiger partial charge in [-0.25, -0.2) is 0 Å². The van der Waals surface area contributed by atoms with Gasteiger partial charge in [-0.2, -0.15) is 0 Å². The van der Waals surface area contributed by atoms with Crippen LogP contribution in [0.3, 0.4) is 0 Å². The molecule has 6 nitrogen and oxygen atoms in total. The van der Waals surface area contributed by atoms with E-state index in [0.29, 0.717) is 46.3 Å². The number of halogens is 1. The van der Waals surface area contributed by atoms with Gasteiger partial charge in [-0.15, -0.1) is 0 Å². The lowest BCUT2D eigenvalue weighted by atomic mass is 10.0. The van der Waals surface area contributed by atoms with E-state index in [0.717, 1.165) is 0 Å². The largest absolute Gasteiger partial charge is 0.472 e. The Labute approximate surface area is 143 Å². The molecule has 1 amide bonds. The number of benzene rings is 1. The lowest BCUT2D eigenvalue weighted by Crippen LogP contribution is -2.27. The van der Waals surface area contributed by atoms with Crippen molar-refractivity contribution in [3.8, 4) is 22.6 Å². The highest BCUT2D eigenvalue weighted by molar-refractivity contribution is 6.33. The fourth-order valence-electron chi connectivity index (χ4n) is 2.28. The maximum absolute atomic E-state index is 12.7. The molecule has 0 fully saturated rings. The first-order valence-corrected chi connectivity index (χ1v) is 7.64. The van der Waals surface area contributed by atoms with Gasteiger partial charge in [-0.3, -0.25) is 4.79 Å². The Hall–Kier alpha value is -2.57. The Morgan fingerprint density at radius 3 is 2.88 bits per heavy atom. The van der Waals surface area contributed by atoms with Crippen LogP contribution < -0.4 is 5.32 Å². The average molecular weight is 347 g/mol. The molecule has 3 rings (SSSR count). The molecule has 3 aromatic rings. The van der Waals surface area contributed by atoms with Crippen molar-refractivity contribution in [1.82, 2.24) is 10.5 Å². The summed E-state index contributed by atoms with van der Waals surface area (Å²) in [6.45, 7) is 0.771. The molecule has 24 heavy (non-hydrogen) atoms. The van der Waals surface area contributed by atoms with Crippen molar-refractivity contribution in [1.29, 1.82) is 0 Å². The number of hydrogen-bond donors (Lipinski definition) is 1. The van der Waals surface area contributed by atoms with Crippen molar-refractivity contribution in [2.24, 2.45) is 0 Å². The highest BCUT2D eigenvalue weighted by atomic mass is 35.5. The van der Waals surface area contributed by atoms with E-state index < -0.39 is 0 Å². The Morgan fingerprint density at radius 1 is 1.33 bits per heavy atom. The van der Waals surface area contributed by atoms with Crippen LogP contribution >= 0.6 is 11.6 Å². The minimum absolute atomic E-state index is 0.306. The number of nitrogens with one attached hydrogen (secondary N) is 1. The number of furan rings is 1. The van der Waals surface area contributed by atoms with Crippen LogP contribution in [-0.4, -0.2) is 31.3 Å². The van der Waals surface area contributed by atoms with Crippen LogP contribution in [0.15, 0.2) is 51.8 Å². The van der Waals surface area contributed by atoms with Crippen LogP contribution in [0.5, 0.6) is 0 Å². The molecule has 0 atom stereocenters. The molecule has 0 radical (unpaired) electrons. The third kappa shape index (κ3) is 3.20. The highest BCUT2D eigenvalue weighted by Crippen LogP contribution is 2.35.